The summed E-state index contributed by atoms with van der Waals surface area (Å²) in [6.45, 7) is 2.09. The van der Waals surface area contributed by atoms with Gasteiger partial charge < -0.3 is 15.8 Å². The van der Waals surface area contributed by atoms with Crippen molar-refractivity contribution in [1.29, 1.82) is 0 Å². The summed E-state index contributed by atoms with van der Waals surface area (Å²) in [4.78, 5) is 24.4. The van der Waals surface area contributed by atoms with Gasteiger partial charge >= 0.3 is 12.1 Å². The maximum Gasteiger partial charge on any atom is 0.418 e. The Labute approximate surface area is 128 Å². The number of nitrogens with zero attached hydrogens (tertiary/aromatic N) is 1. The predicted octanol–water partition coefficient (Wildman–Crippen LogP) is 2.44. The van der Waals surface area contributed by atoms with Crippen molar-refractivity contribution >= 4 is 29.8 Å². The Kier molecular flexibility index (Phi) is 7.28. The molecule has 114 valence electrons. The molecule has 0 saturated carbocycles. The van der Waals surface area contributed by atoms with Crippen LogP contribution in [0.3, 0.4) is 0 Å². The summed E-state index contributed by atoms with van der Waals surface area (Å²) in [5.41, 5.74) is 6.24. The minimum atomic E-state index is -0.722. The van der Waals surface area contributed by atoms with E-state index >= 15 is 0 Å². The molecule has 0 spiro atoms. The third kappa shape index (κ3) is 5.85. The minimum absolute atomic E-state index is 0.0828. The molecule has 3 amide bonds. The highest BCUT2D eigenvalue weighted by Crippen LogP contribution is 2.10. The number of halogens is 1. The van der Waals surface area contributed by atoms with Gasteiger partial charge in [-0.1, -0.05) is 23.7 Å². The zero-order chi connectivity index (χ0) is 15.7. The highest BCUT2D eigenvalue weighted by molar-refractivity contribution is 6.30. The highest BCUT2D eigenvalue weighted by atomic mass is 35.5. The number of carbonyl (C=O) groups is 2. The Morgan fingerprint density at radius 3 is 2.62 bits per heavy atom. The normalized spacial score (nSPS) is 10.4. The topological polar surface area (TPSA) is 84.7 Å². The van der Waals surface area contributed by atoms with Crippen LogP contribution in [0.5, 0.6) is 0 Å². The third-order valence-corrected chi connectivity index (χ3v) is 2.69. The van der Waals surface area contributed by atoms with E-state index in [1.807, 2.05) is 0 Å². The number of ether oxygens (including phenoxy) is 1. The van der Waals surface area contributed by atoms with Gasteiger partial charge in [-0.3, -0.25) is 0 Å². The van der Waals surface area contributed by atoms with Crippen LogP contribution in [0.2, 0.25) is 5.02 Å². The fourth-order valence-electron chi connectivity index (χ4n) is 1.47. The fraction of sp³-hybridized carbons (Fsp3) is 0.286. The van der Waals surface area contributed by atoms with Crippen LogP contribution in [0.25, 0.3) is 6.08 Å². The molecule has 6 nitrogen and oxygen atoms in total. The van der Waals surface area contributed by atoms with E-state index in [1.165, 1.54) is 6.20 Å². The van der Waals surface area contributed by atoms with Crippen LogP contribution in [-0.4, -0.2) is 36.7 Å². The van der Waals surface area contributed by atoms with Gasteiger partial charge in [0, 0.05) is 24.3 Å². The molecule has 0 aliphatic heterocycles. The van der Waals surface area contributed by atoms with E-state index < -0.39 is 12.1 Å². The lowest BCUT2D eigenvalue weighted by Crippen LogP contribution is -2.44. The number of urea groups is 1. The van der Waals surface area contributed by atoms with E-state index in [0.29, 0.717) is 5.02 Å². The number of carbonyl (C=O) groups excluding carboxylic acids is 2. The molecule has 1 aromatic carbocycles. The van der Waals surface area contributed by atoms with Crippen LogP contribution in [0, 0.1) is 0 Å². The summed E-state index contributed by atoms with van der Waals surface area (Å²) in [6.07, 6.45) is 2.40. The van der Waals surface area contributed by atoms with E-state index in [-0.39, 0.29) is 19.7 Å². The van der Waals surface area contributed by atoms with Crippen molar-refractivity contribution in [3.63, 3.8) is 0 Å². The number of hydrogen-bond donors (Lipinski definition) is 2. The summed E-state index contributed by atoms with van der Waals surface area (Å²) in [5, 5.41) is 3.12. The zero-order valence-electron chi connectivity index (χ0n) is 11.7. The molecule has 1 aromatic rings. The fourth-order valence-corrected chi connectivity index (χ4v) is 1.59. The smallest absolute Gasteiger partial charge is 0.418 e. The maximum absolute atomic E-state index is 11.9. The molecule has 0 atom stereocenters. The lowest BCUT2D eigenvalue weighted by Gasteiger charge is -2.18. The predicted molar refractivity (Wildman–Crippen MR) is 81.8 cm³/mol. The summed E-state index contributed by atoms with van der Waals surface area (Å²) in [5.74, 6) is 0. The van der Waals surface area contributed by atoms with E-state index in [9.17, 15) is 9.59 Å². The van der Waals surface area contributed by atoms with Gasteiger partial charge in [0.05, 0.1) is 6.61 Å². The molecule has 0 aliphatic rings. The number of nitrogens with one attached hydrogen (secondary N) is 1. The summed E-state index contributed by atoms with van der Waals surface area (Å²) in [7, 11) is 0. The van der Waals surface area contributed by atoms with E-state index in [4.69, 9.17) is 22.1 Å². The van der Waals surface area contributed by atoms with Gasteiger partial charge in [-0.25, -0.2) is 14.5 Å². The second-order valence-corrected chi connectivity index (χ2v) is 4.41. The van der Waals surface area contributed by atoms with Gasteiger partial charge in [-0.05, 0) is 30.7 Å². The molecule has 0 fully saturated rings. The summed E-state index contributed by atoms with van der Waals surface area (Å²) in [6, 6.07) is 6.48. The van der Waals surface area contributed by atoms with Gasteiger partial charge in [0.25, 0.3) is 0 Å². The van der Waals surface area contributed by atoms with Crippen molar-refractivity contribution in [2.45, 2.75) is 6.92 Å². The Hall–Kier alpha value is -2.05. The molecule has 0 saturated heterocycles. The Bertz CT molecular complexity index is 503. The van der Waals surface area contributed by atoms with Crippen molar-refractivity contribution in [2.24, 2.45) is 5.73 Å². The molecule has 0 bridgehead atoms. The first-order valence-corrected chi connectivity index (χ1v) is 6.83. The molecule has 0 unspecified atom stereocenters. The number of rotatable bonds is 5. The van der Waals surface area contributed by atoms with Gasteiger partial charge in [0.1, 0.15) is 0 Å². The molecule has 21 heavy (non-hydrogen) atoms. The van der Waals surface area contributed by atoms with Crippen LogP contribution < -0.4 is 11.1 Å². The van der Waals surface area contributed by atoms with Crippen LogP contribution in [0.4, 0.5) is 9.59 Å². The SMILES string of the molecule is CCOC(=O)N(CCN)C(=O)N/C=C/c1ccc(Cl)cc1. The molecule has 3 N–H and O–H groups in total. The van der Waals surface area contributed by atoms with E-state index in [0.717, 1.165) is 10.5 Å². The highest BCUT2D eigenvalue weighted by Gasteiger charge is 2.20. The number of amides is 3. The molecule has 0 aliphatic carbocycles. The van der Waals surface area contributed by atoms with Crippen LogP contribution in [0.15, 0.2) is 30.5 Å². The molecular formula is C14H18ClN3O3. The lowest BCUT2D eigenvalue weighted by atomic mass is 10.2. The van der Waals surface area contributed by atoms with Crippen molar-refractivity contribution in [2.75, 3.05) is 19.7 Å². The van der Waals surface area contributed by atoms with Crippen molar-refractivity contribution in [1.82, 2.24) is 10.2 Å². The summed E-state index contributed by atoms with van der Waals surface area (Å²) < 4.78 is 4.79. The first kappa shape index (κ1) is 17.0. The van der Waals surface area contributed by atoms with Crippen molar-refractivity contribution < 1.29 is 14.3 Å². The number of imide groups is 1. The molecule has 0 heterocycles. The largest absolute Gasteiger partial charge is 0.449 e. The van der Waals surface area contributed by atoms with Gasteiger partial charge in [0.15, 0.2) is 0 Å². The van der Waals surface area contributed by atoms with Gasteiger partial charge in [-0.15, -0.1) is 0 Å². The second kappa shape index (κ2) is 8.99. The van der Waals surface area contributed by atoms with Crippen LogP contribution >= 0.6 is 11.6 Å². The maximum atomic E-state index is 11.9. The molecule has 0 radical (unpaired) electrons. The first-order valence-electron chi connectivity index (χ1n) is 6.45. The van der Waals surface area contributed by atoms with Crippen molar-refractivity contribution in [3.05, 3.63) is 41.1 Å². The Morgan fingerprint density at radius 2 is 2.05 bits per heavy atom. The average molecular weight is 312 g/mol. The van der Waals surface area contributed by atoms with Gasteiger partial charge in [0.2, 0.25) is 0 Å². The lowest BCUT2D eigenvalue weighted by molar-refractivity contribution is 0.116. The monoisotopic (exact) mass is 311 g/mol. The van der Waals surface area contributed by atoms with E-state index in [1.54, 1.807) is 37.3 Å². The Balaban J connectivity index is 2.60. The molecule has 0 aromatic heterocycles. The minimum Gasteiger partial charge on any atom is -0.449 e. The van der Waals surface area contributed by atoms with E-state index in [2.05, 4.69) is 5.32 Å². The molecule has 7 heteroatoms. The number of hydrogen-bond acceptors (Lipinski definition) is 4. The standard InChI is InChI=1S/C14H18ClN3O3/c1-2-21-14(20)18(10-8-16)13(19)17-9-7-11-3-5-12(15)6-4-11/h3-7,9H,2,8,10,16H2,1H3,(H,17,19)/b9-7+. The first-order chi connectivity index (χ1) is 10.1. The second-order valence-electron chi connectivity index (χ2n) is 3.97. The quantitative estimate of drug-likeness (QED) is 0.874. The van der Waals surface area contributed by atoms with Crippen LogP contribution in [0.1, 0.15) is 12.5 Å². The molecule has 1 rings (SSSR count). The van der Waals surface area contributed by atoms with Crippen LogP contribution in [-0.2, 0) is 4.74 Å². The summed E-state index contributed by atoms with van der Waals surface area (Å²) >= 11 is 5.77. The Morgan fingerprint density at radius 1 is 1.38 bits per heavy atom. The number of benzene rings is 1. The van der Waals surface area contributed by atoms with Gasteiger partial charge in [-0.2, -0.15) is 0 Å². The van der Waals surface area contributed by atoms with Crippen molar-refractivity contribution in [3.8, 4) is 0 Å². The average Bonchev–Trinajstić information content (AvgIpc) is 2.47. The zero-order valence-corrected chi connectivity index (χ0v) is 12.5. The third-order valence-electron chi connectivity index (χ3n) is 2.44. The number of nitrogens with two attached hydrogens (primary N) is 1. The molecular weight excluding hydrogens is 294 g/mol.